The van der Waals surface area contributed by atoms with Crippen LogP contribution in [0, 0.1) is 6.92 Å². The summed E-state index contributed by atoms with van der Waals surface area (Å²) in [7, 11) is 1.73. The molecule has 0 spiro atoms. The zero-order chi connectivity index (χ0) is 13.2. The van der Waals surface area contributed by atoms with Crippen molar-refractivity contribution >= 4 is 5.82 Å². The summed E-state index contributed by atoms with van der Waals surface area (Å²) in [6, 6.07) is 1.81. The van der Waals surface area contributed by atoms with Crippen LogP contribution < -0.4 is 5.73 Å². The average Bonchev–Trinajstić information content (AvgIpc) is 2.68. The van der Waals surface area contributed by atoms with Crippen LogP contribution in [0.5, 0.6) is 0 Å². The number of likely N-dealkylation sites (tertiary alicyclic amines) is 1. The van der Waals surface area contributed by atoms with Gasteiger partial charge in [-0.25, -0.2) is 9.97 Å². The van der Waals surface area contributed by atoms with Crippen molar-refractivity contribution in [2.75, 3.05) is 32.5 Å². The number of hydrogen-bond donors (Lipinski definition) is 1. The monoisotopic (exact) mass is 250 g/mol. The molecule has 0 aromatic carbocycles. The number of anilines is 1. The zero-order valence-corrected chi connectivity index (χ0v) is 11.4. The van der Waals surface area contributed by atoms with Crippen molar-refractivity contribution in [2.45, 2.75) is 32.2 Å². The number of nitrogens with zero attached hydrogens (tertiary/aromatic N) is 3. The van der Waals surface area contributed by atoms with Gasteiger partial charge in [-0.15, -0.1) is 0 Å². The van der Waals surface area contributed by atoms with E-state index in [9.17, 15) is 0 Å². The third-order valence-electron chi connectivity index (χ3n) is 3.71. The number of rotatable bonds is 4. The SMILES string of the molecule is COCCN1CCCC1(C)c1nc(C)cc(N)n1. The minimum absolute atomic E-state index is 0.112. The molecule has 1 unspecified atom stereocenters. The van der Waals surface area contributed by atoms with Crippen molar-refractivity contribution in [3.63, 3.8) is 0 Å². The molecule has 1 aromatic rings. The molecule has 1 fully saturated rings. The molecule has 5 heteroatoms. The lowest BCUT2D eigenvalue weighted by Crippen LogP contribution is -2.42. The van der Waals surface area contributed by atoms with Gasteiger partial charge in [0.15, 0.2) is 5.82 Å². The van der Waals surface area contributed by atoms with Crippen LogP contribution in [-0.2, 0) is 10.3 Å². The normalized spacial score (nSPS) is 24.6. The first-order valence-corrected chi connectivity index (χ1v) is 6.42. The van der Waals surface area contributed by atoms with Crippen molar-refractivity contribution in [1.29, 1.82) is 0 Å². The van der Waals surface area contributed by atoms with Gasteiger partial charge in [0.25, 0.3) is 0 Å². The molecule has 2 N–H and O–H groups in total. The summed E-state index contributed by atoms with van der Waals surface area (Å²) in [5, 5.41) is 0. The van der Waals surface area contributed by atoms with E-state index in [1.807, 2.05) is 6.92 Å². The third-order valence-corrected chi connectivity index (χ3v) is 3.71. The molecule has 2 heterocycles. The second kappa shape index (κ2) is 5.20. The van der Waals surface area contributed by atoms with Crippen LogP contribution in [0.3, 0.4) is 0 Å². The zero-order valence-electron chi connectivity index (χ0n) is 11.4. The summed E-state index contributed by atoms with van der Waals surface area (Å²) in [6.45, 7) is 6.86. The van der Waals surface area contributed by atoms with E-state index in [-0.39, 0.29) is 5.54 Å². The van der Waals surface area contributed by atoms with E-state index in [0.717, 1.165) is 44.1 Å². The molecule has 1 atom stereocenters. The van der Waals surface area contributed by atoms with Gasteiger partial charge in [0.1, 0.15) is 5.82 Å². The van der Waals surface area contributed by atoms with Gasteiger partial charge in [-0.3, -0.25) is 4.90 Å². The molecule has 18 heavy (non-hydrogen) atoms. The first-order valence-electron chi connectivity index (χ1n) is 6.42. The van der Waals surface area contributed by atoms with Crippen LogP contribution in [-0.4, -0.2) is 41.7 Å². The lowest BCUT2D eigenvalue weighted by atomic mass is 9.97. The number of ether oxygens (including phenoxy) is 1. The van der Waals surface area contributed by atoms with E-state index in [4.69, 9.17) is 10.5 Å². The number of methoxy groups -OCH3 is 1. The Labute approximate surface area is 108 Å². The molecule has 1 saturated heterocycles. The highest BCUT2D eigenvalue weighted by Gasteiger charge is 2.40. The Kier molecular flexibility index (Phi) is 3.82. The second-order valence-corrected chi connectivity index (χ2v) is 5.12. The third kappa shape index (κ3) is 2.47. The largest absolute Gasteiger partial charge is 0.384 e. The van der Waals surface area contributed by atoms with Crippen LogP contribution in [0.4, 0.5) is 5.82 Å². The van der Waals surface area contributed by atoms with E-state index < -0.39 is 0 Å². The van der Waals surface area contributed by atoms with Crippen LogP contribution in [0.15, 0.2) is 6.07 Å². The second-order valence-electron chi connectivity index (χ2n) is 5.12. The highest BCUT2D eigenvalue weighted by molar-refractivity contribution is 5.31. The van der Waals surface area contributed by atoms with Gasteiger partial charge < -0.3 is 10.5 Å². The van der Waals surface area contributed by atoms with E-state index in [1.165, 1.54) is 0 Å². The highest BCUT2D eigenvalue weighted by Crippen LogP contribution is 2.36. The maximum absolute atomic E-state index is 5.84. The summed E-state index contributed by atoms with van der Waals surface area (Å²) in [4.78, 5) is 11.4. The summed E-state index contributed by atoms with van der Waals surface area (Å²) in [5.74, 6) is 1.39. The van der Waals surface area contributed by atoms with Gasteiger partial charge in [0.2, 0.25) is 0 Å². The van der Waals surface area contributed by atoms with Crippen LogP contribution in [0.2, 0.25) is 0 Å². The molecule has 1 aromatic heterocycles. The maximum Gasteiger partial charge on any atom is 0.150 e. The number of aromatic nitrogens is 2. The molecule has 5 nitrogen and oxygen atoms in total. The topological polar surface area (TPSA) is 64.3 Å². The molecule has 0 amide bonds. The summed E-state index contributed by atoms with van der Waals surface area (Å²) in [6.07, 6.45) is 2.23. The Morgan fingerprint density at radius 1 is 1.50 bits per heavy atom. The maximum atomic E-state index is 5.84. The van der Waals surface area contributed by atoms with Crippen molar-refractivity contribution in [3.8, 4) is 0 Å². The molecule has 0 radical (unpaired) electrons. The first-order chi connectivity index (χ1) is 8.56. The fraction of sp³-hybridized carbons (Fsp3) is 0.692. The van der Waals surface area contributed by atoms with Gasteiger partial charge in [-0.05, 0) is 33.2 Å². The molecule has 1 aliphatic heterocycles. The molecule has 1 aliphatic rings. The highest BCUT2D eigenvalue weighted by atomic mass is 16.5. The Morgan fingerprint density at radius 3 is 2.94 bits per heavy atom. The summed E-state index contributed by atoms with van der Waals surface area (Å²) < 4.78 is 5.17. The Hall–Kier alpha value is -1.20. The van der Waals surface area contributed by atoms with E-state index in [0.29, 0.717) is 5.82 Å². The predicted molar refractivity (Wildman–Crippen MR) is 71.2 cm³/mol. The van der Waals surface area contributed by atoms with Crippen molar-refractivity contribution in [2.24, 2.45) is 0 Å². The molecular formula is C13H22N4O. The molecule has 100 valence electrons. The smallest absolute Gasteiger partial charge is 0.150 e. The Balaban J connectivity index is 2.27. The van der Waals surface area contributed by atoms with Crippen LogP contribution >= 0.6 is 0 Å². The molecule has 0 bridgehead atoms. The molecular weight excluding hydrogens is 228 g/mol. The van der Waals surface area contributed by atoms with Gasteiger partial charge in [0.05, 0.1) is 12.1 Å². The first kappa shape index (κ1) is 13.2. The fourth-order valence-corrected chi connectivity index (χ4v) is 2.67. The quantitative estimate of drug-likeness (QED) is 0.873. The van der Waals surface area contributed by atoms with E-state index in [2.05, 4.69) is 21.8 Å². The molecule has 2 rings (SSSR count). The predicted octanol–water partition coefficient (Wildman–Crippen LogP) is 1.32. The Bertz CT molecular complexity index is 403. The summed E-state index contributed by atoms with van der Waals surface area (Å²) in [5.41, 5.74) is 6.65. The summed E-state index contributed by atoms with van der Waals surface area (Å²) >= 11 is 0. The number of hydrogen-bond acceptors (Lipinski definition) is 5. The van der Waals surface area contributed by atoms with Gasteiger partial charge in [0, 0.05) is 25.4 Å². The average molecular weight is 250 g/mol. The minimum Gasteiger partial charge on any atom is -0.384 e. The molecule has 0 aliphatic carbocycles. The van der Waals surface area contributed by atoms with Crippen molar-refractivity contribution < 1.29 is 4.74 Å². The van der Waals surface area contributed by atoms with E-state index >= 15 is 0 Å². The Morgan fingerprint density at radius 2 is 2.28 bits per heavy atom. The van der Waals surface area contributed by atoms with Gasteiger partial charge in [-0.1, -0.05) is 0 Å². The lowest BCUT2D eigenvalue weighted by Gasteiger charge is -2.33. The molecule has 0 saturated carbocycles. The number of aryl methyl sites for hydroxylation is 1. The standard InChI is InChI=1S/C13H22N4O/c1-10-9-11(14)16-12(15-10)13(2)5-4-6-17(13)7-8-18-3/h9H,4-8H2,1-3H3,(H2,14,15,16). The van der Waals surface area contributed by atoms with E-state index in [1.54, 1.807) is 13.2 Å². The van der Waals surface area contributed by atoms with Crippen LogP contribution in [0.25, 0.3) is 0 Å². The number of nitrogens with two attached hydrogens (primary N) is 1. The minimum atomic E-state index is -0.112. The van der Waals surface area contributed by atoms with Crippen molar-refractivity contribution in [3.05, 3.63) is 17.6 Å². The van der Waals surface area contributed by atoms with Crippen molar-refractivity contribution in [1.82, 2.24) is 14.9 Å². The number of nitrogen functional groups attached to an aromatic ring is 1. The van der Waals surface area contributed by atoms with Crippen LogP contribution in [0.1, 0.15) is 31.3 Å². The lowest BCUT2D eigenvalue weighted by molar-refractivity contribution is 0.0938. The van der Waals surface area contributed by atoms with Gasteiger partial charge in [-0.2, -0.15) is 0 Å². The van der Waals surface area contributed by atoms with Gasteiger partial charge >= 0.3 is 0 Å². The fourth-order valence-electron chi connectivity index (χ4n) is 2.67.